The zero-order chi connectivity index (χ0) is 42.9. The number of aliphatic imine (C=N–C) groups is 2. The van der Waals surface area contributed by atoms with Crippen molar-refractivity contribution in [2.75, 3.05) is 31.9 Å². The molecule has 4 aromatic rings. The van der Waals surface area contributed by atoms with Gasteiger partial charge in [0, 0.05) is 69.0 Å². The van der Waals surface area contributed by atoms with Gasteiger partial charge < -0.3 is 32.1 Å². The predicted molar refractivity (Wildman–Crippen MR) is 234 cm³/mol. The lowest BCUT2D eigenvalue weighted by molar-refractivity contribution is -0.128. The molecule has 0 saturated heterocycles. The molecular formula is C41H51N11O5S2. The Labute approximate surface area is 351 Å². The number of nitrogens with two attached hydrogens (primary N) is 3. The highest BCUT2D eigenvalue weighted by Gasteiger charge is 2.25. The molecule has 0 aromatic carbocycles. The number of Topliss-reactive ketones (excluding diaryl/α,β-unsaturated/α-hetero) is 1. The van der Waals surface area contributed by atoms with Crippen LogP contribution in [0.25, 0.3) is 12.2 Å². The maximum atomic E-state index is 13.0. The standard InChI is InChI=1S/C21H25N5O2S.C16H21N3O3S.C4H5N3/c1-3-5-26(6-4-2)21(28)15-8-18-16(25-20(22)9-15)10-19(29-18)17(27)7-14-11-23-13-24-12-14;1-3-5-19(6-4-2)15(20)10-7-12-11(18-14(17)8-10)9-13(23-12)16(21)22;5-4-1-6-3-7-2-4/h8,10-13H,3-7,9H2,1-2H3,(H2,22,25);7,9H,3-6,8H2,1-2H3,(H2,17,18)(H,21,22);1-3H,5H2. The van der Waals surface area contributed by atoms with E-state index in [0.29, 0.717) is 82.2 Å². The third-order valence-electron chi connectivity index (χ3n) is 8.51. The van der Waals surface area contributed by atoms with Crippen LogP contribution in [0.1, 0.15) is 101 Å². The molecule has 59 heavy (non-hydrogen) atoms. The van der Waals surface area contributed by atoms with Crippen molar-refractivity contribution < 1.29 is 24.3 Å². The van der Waals surface area contributed by atoms with Crippen molar-refractivity contribution in [2.45, 2.75) is 72.6 Å². The molecule has 0 atom stereocenters. The molecule has 0 saturated carbocycles. The minimum absolute atomic E-state index is 0.0117. The molecule has 2 aliphatic heterocycles. The first-order chi connectivity index (χ1) is 28.4. The number of amidine groups is 2. The number of carbonyl (C=O) groups is 4. The fraction of sp³-hybridized carbons (Fsp3) is 0.366. The van der Waals surface area contributed by atoms with Crippen molar-refractivity contribution in [2.24, 2.45) is 21.5 Å². The minimum Gasteiger partial charge on any atom is -0.477 e. The fourth-order valence-electron chi connectivity index (χ4n) is 6.01. The Morgan fingerprint density at radius 2 is 1.05 bits per heavy atom. The summed E-state index contributed by atoms with van der Waals surface area (Å²) in [6.07, 6.45) is 17.2. The van der Waals surface area contributed by atoms with E-state index in [2.05, 4.69) is 43.8 Å². The first-order valence-corrected chi connectivity index (χ1v) is 20.9. The van der Waals surface area contributed by atoms with Crippen LogP contribution in [0.4, 0.5) is 17.1 Å². The van der Waals surface area contributed by atoms with Crippen molar-refractivity contribution >= 4 is 87.1 Å². The Hall–Kier alpha value is -6.14. The lowest BCUT2D eigenvalue weighted by Gasteiger charge is -2.22. The lowest BCUT2D eigenvalue weighted by atomic mass is 10.1. The number of nitrogens with zero attached hydrogens (tertiary/aromatic N) is 8. The average molecular weight is 842 g/mol. The zero-order valence-electron chi connectivity index (χ0n) is 33.8. The summed E-state index contributed by atoms with van der Waals surface area (Å²) in [6, 6.07) is 3.24. The molecule has 7 N–H and O–H groups in total. The molecule has 0 fully saturated rings. The Morgan fingerprint density at radius 1 is 0.644 bits per heavy atom. The summed E-state index contributed by atoms with van der Waals surface area (Å²) in [5.74, 6) is -0.397. The normalized spacial score (nSPS) is 12.8. The summed E-state index contributed by atoms with van der Waals surface area (Å²) in [6.45, 7) is 11.0. The van der Waals surface area contributed by atoms with Gasteiger partial charge in [-0.25, -0.2) is 34.7 Å². The SMILES string of the molecule is CCCN(CCC)C(=O)C1=Cc2sc(C(=O)Cc3cncnc3)cc2N=C(N)C1.CCCN(CCC)C(=O)C1=Cc2sc(C(=O)O)cc2N=C(N)C1.Nc1cncnc1. The van der Waals surface area contributed by atoms with Crippen LogP contribution >= 0.6 is 22.7 Å². The number of ketones is 1. The first kappa shape index (κ1) is 45.6. The maximum absolute atomic E-state index is 13.0. The number of carboxylic acids is 1. The largest absolute Gasteiger partial charge is 0.477 e. The van der Waals surface area contributed by atoms with Crippen LogP contribution in [0, 0.1) is 0 Å². The number of fused-ring (bicyclic) bond motifs is 2. The molecular weight excluding hydrogens is 791 g/mol. The molecule has 6 heterocycles. The van der Waals surface area contributed by atoms with E-state index in [1.54, 1.807) is 36.9 Å². The van der Waals surface area contributed by atoms with Crippen molar-refractivity contribution in [1.29, 1.82) is 0 Å². The van der Waals surface area contributed by atoms with Gasteiger partial charge in [0.05, 0.1) is 44.1 Å². The van der Waals surface area contributed by atoms with Gasteiger partial charge in [-0.1, -0.05) is 27.7 Å². The molecule has 6 rings (SSSR count). The smallest absolute Gasteiger partial charge is 0.345 e. The van der Waals surface area contributed by atoms with Crippen LogP contribution < -0.4 is 17.2 Å². The van der Waals surface area contributed by atoms with Crippen LogP contribution in [0.15, 0.2) is 70.7 Å². The van der Waals surface area contributed by atoms with Gasteiger partial charge in [0.2, 0.25) is 11.8 Å². The van der Waals surface area contributed by atoms with Gasteiger partial charge in [-0.2, -0.15) is 0 Å². The second-order valence-electron chi connectivity index (χ2n) is 13.5. The zero-order valence-corrected chi connectivity index (χ0v) is 35.4. The topological polar surface area (TPSA) is 249 Å². The van der Waals surface area contributed by atoms with Gasteiger partial charge in [0.15, 0.2) is 5.78 Å². The molecule has 2 amide bonds. The van der Waals surface area contributed by atoms with Gasteiger partial charge in [0.25, 0.3) is 0 Å². The number of carbonyl (C=O) groups excluding carboxylic acids is 3. The number of hydrogen-bond donors (Lipinski definition) is 4. The molecule has 18 heteroatoms. The van der Waals surface area contributed by atoms with E-state index in [-0.39, 0.29) is 35.3 Å². The van der Waals surface area contributed by atoms with E-state index in [1.165, 1.54) is 30.1 Å². The second-order valence-corrected chi connectivity index (χ2v) is 15.7. The van der Waals surface area contributed by atoms with Crippen LogP contribution in [-0.2, 0) is 16.0 Å². The number of rotatable bonds is 14. The number of carboxylic acid groups (broad SMARTS) is 1. The first-order valence-electron chi connectivity index (χ1n) is 19.3. The maximum Gasteiger partial charge on any atom is 0.345 e. The van der Waals surface area contributed by atoms with E-state index >= 15 is 0 Å². The number of thiophene rings is 2. The quantitative estimate of drug-likeness (QED) is 0.102. The third-order valence-corrected chi connectivity index (χ3v) is 10.7. The summed E-state index contributed by atoms with van der Waals surface area (Å²) >= 11 is 2.45. The Morgan fingerprint density at radius 3 is 1.44 bits per heavy atom. The predicted octanol–water partition coefficient (Wildman–Crippen LogP) is 6.32. The second kappa shape index (κ2) is 22.7. The van der Waals surface area contributed by atoms with Crippen molar-refractivity contribution in [3.63, 3.8) is 0 Å². The highest BCUT2D eigenvalue weighted by Crippen LogP contribution is 2.36. The monoisotopic (exact) mass is 841 g/mol. The molecule has 0 bridgehead atoms. The van der Waals surface area contributed by atoms with Crippen LogP contribution in [-0.4, -0.2) is 96.3 Å². The van der Waals surface area contributed by atoms with Crippen LogP contribution in [0.2, 0.25) is 0 Å². The number of nitrogen functional groups attached to an aromatic ring is 1. The Bertz CT molecular complexity index is 2190. The van der Waals surface area contributed by atoms with Gasteiger partial charge in [-0.05, 0) is 55.5 Å². The fourth-order valence-corrected chi connectivity index (χ4v) is 7.92. The highest BCUT2D eigenvalue weighted by molar-refractivity contribution is 7.15. The summed E-state index contributed by atoms with van der Waals surface area (Å²) in [5, 5.41) is 9.11. The van der Waals surface area contributed by atoms with E-state index in [4.69, 9.17) is 22.3 Å². The van der Waals surface area contributed by atoms with Gasteiger partial charge in [-0.15, -0.1) is 22.7 Å². The van der Waals surface area contributed by atoms with Crippen molar-refractivity contribution in [3.8, 4) is 0 Å². The van der Waals surface area contributed by atoms with Crippen LogP contribution in [0.3, 0.4) is 0 Å². The van der Waals surface area contributed by atoms with Crippen molar-refractivity contribution in [3.05, 3.63) is 85.8 Å². The summed E-state index contributed by atoms with van der Waals surface area (Å²) in [4.78, 5) is 79.4. The number of amides is 2. The third kappa shape index (κ3) is 13.5. The Kier molecular flexibility index (Phi) is 17.5. The average Bonchev–Trinajstić information content (AvgIpc) is 3.71. The summed E-state index contributed by atoms with van der Waals surface area (Å²) in [7, 11) is 0. The molecule has 2 aliphatic rings. The number of aromatic carboxylic acids is 1. The molecule has 0 radical (unpaired) electrons. The van der Waals surface area contributed by atoms with Gasteiger partial charge in [-0.3, -0.25) is 14.4 Å². The number of aromatic nitrogens is 4. The molecule has 312 valence electrons. The van der Waals surface area contributed by atoms with Crippen LogP contribution in [0.5, 0.6) is 0 Å². The summed E-state index contributed by atoms with van der Waals surface area (Å²) in [5.41, 5.74) is 20.9. The van der Waals surface area contributed by atoms with E-state index in [0.717, 1.165) is 47.5 Å². The molecule has 0 unspecified atom stereocenters. The molecule has 0 spiro atoms. The highest BCUT2D eigenvalue weighted by atomic mass is 32.1. The lowest BCUT2D eigenvalue weighted by Crippen LogP contribution is -2.34. The number of anilines is 1. The molecule has 0 aliphatic carbocycles. The molecule has 16 nitrogen and oxygen atoms in total. The van der Waals surface area contributed by atoms with E-state index in [9.17, 15) is 19.2 Å². The van der Waals surface area contributed by atoms with E-state index < -0.39 is 5.97 Å². The van der Waals surface area contributed by atoms with E-state index in [1.807, 2.05) is 29.7 Å². The Balaban J connectivity index is 0.000000227. The summed E-state index contributed by atoms with van der Waals surface area (Å²) < 4.78 is 0. The molecule has 4 aromatic heterocycles. The van der Waals surface area contributed by atoms with Crippen molar-refractivity contribution in [1.82, 2.24) is 29.7 Å². The van der Waals surface area contributed by atoms with Gasteiger partial charge >= 0.3 is 5.97 Å². The minimum atomic E-state index is -1.00. The van der Waals surface area contributed by atoms with Gasteiger partial charge in [0.1, 0.15) is 29.2 Å². The number of hydrogen-bond acceptors (Lipinski definition) is 15.